The molecule has 20 heavy (non-hydrogen) atoms. The maximum atomic E-state index is 11.9. The zero-order chi connectivity index (χ0) is 15.0. The molecule has 6 heteroatoms. The molecule has 104 valence electrons. The van der Waals surface area contributed by atoms with Gasteiger partial charge in [-0.3, -0.25) is 9.59 Å². The largest absolute Gasteiger partial charge is 0.388 e. The number of amides is 1. The highest BCUT2D eigenvalue weighted by Crippen LogP contribution is 2.12. The molecule has 0 spiro atoms. The first kappa shape index (κ1) is 15.7. The summed E-state index contributed by atoms with van der Waals surface area (Å²) in [5, 5.41) is 14.2. The fourth-order valence-electron chi connectivity index (χ4n) is 1.39. The Bertz CT molecular complexity index is 576. The number of carbonyl (C=O) groups is 2. The minimum Gasteiger partial charge on any atom is -0.388 e. The predicted octanol–water partition coefficient (Wildman–Crippen LogP) is 2.06. The smallest absolute Gasteiger partial charge is 0.267 e. The molecule has 0 saturated carbocycles. The van der Waals surface area contributed by atoms with E-state index in [0.29, 0.717) is 23.7 Å². The van der Waals surface area contributed by atoms with Gasteiger partial charge < -0.3 is 10.6 Å². The Morgan fingerprint density at radius 2 is 2.20 bits per heavy atom. The monoisotopic (exact) mass is 291 g/mol. The molecule has 1 amide bonds. The fourth-order valence-corrected chi connectivity index (χ4v) is 1.50. The van der Waals surface area contributed by atoms with Gasteiger partial charge in [0, 0.05) is 29.9 Å². The Kier molecular flexibility index (Phi) is 6.27. The number of halogens is 1. The third-order valence-corrected chi connectivity index (χ3v) is 2.57. The SMILES string of the molecule is CC(=O)c1cccc(NC(=O)/C(C#N)=C\NCCCl)c1. The number of hydrogen-bond donors (Lipinski definition) is 2. The molecule has 1 aromatic rings. The molecule has 2 N–H and O–H groups in total. The lowest BCUT2D eigenvalue weighted by Gasteiger charge is -2.06. The van der Waals surface area contributed by atoms with E-state index < -0.39 is 5.91 Å². The third-order valence-electron chi connectivity index (χ3n) is 2.38. The van der Waals surface area contributed by atoms with Crippen molar-refractivity contribution in [3.8, 4) is 6.07 Å². The molecule has 0 saturated heterocycles. The molecule has 0 unspecified atom stereocenters. The van der Waals surface area contributed by atoms with E-state index in [2.05, 4.69) is 10.6 Å². The fraction of sp³-hybridized carbons (Fsp3) is 0.214. The van der Waals surface area contributed by atoms with Crippen LogP contribution in [0, 0.1) is 11.3 Å². The van der Waals surface area contributed by atoms with Crippen LogP contribution >= 0.6 is 11.6 Å². The van der Waals surface area contributed by atoms with Gasteiger partial charge in [-0.25, -0.2) is 0 Å². The topological polar surface area (TPSA) is 82.0 Å². The van der Waals surface area contributed by atoms with E-state index in [9.17, 15) is 9.59 Å². The van der Waals surface area contributed by atoms with Crippen molar-refractivity contribution < 1.29 is 9.59 Å². The molecular weight excluding hydrogens is 278 g/mol. The quantitative estimate of drug-likeness (QED) is 0.276. The molecule has 0 aliphatic rings. The van der Waals surface area contributed by atoms with Crippen molar-refractivity contribution in [2.75, 3.05) is 17.7 Å². The second kappa shape index (κ2) is 7.97. The molecule has 0 bridgehead atoms. The van der Waals surface area contributed by atoms with Crippen molar-refractivity contribution in [2.24, 2.45) is 0 Å². The van der Waals surface area contributed by atoms with Gasteiger partial charge in [-0.1, -0.05) is 12.1 Å². The van der Waals surface area contributed by atoms with Gasteiger partial charge in [0.05, 0.1) is 0 Å². The highest BCUT2D eigenvalue weighted by Gasteiger charge is 2.09. The standard InChI is InChI=1S/C14H14ClN3O2/c1-10(19)11-3-2-4-13(7-11)18-14(20)12(8-16)9-17-6-5-15/h2-4,7,9,17H,5-6H2,1H3,(H,18,20)/b12-9-. The average Bonchev–Trinajstić information content (AvgIpc) is 2.43. The van der Waals surface area contributed by atoms with Crippen LogP contribution in [0.4, 0.5) is 5.69 Å². The number of Topliss-reactive ketones (excluding diaryl/α,β-unsaturated/α-hetero) is 1. The van der Waals surface area contributed by atoms with Gasteiger partial charge in [0.1, 0.15) is 11.6 Å². The second-order valence-corrected chi connectivity index (χ2v) is 4.28. The lowest BCUT2D eigenvalue weighted by atomic mass is 10.1. The molecule has 0 radical (unpaired) electrons. The number of anilines is 1. The number of ketones is 1. The molecular formula is C14H14ClN3O2. The zero-order valence-electron chi connectivity index (χ0n) is 10.9. The van der Waals surface area contributed by atoms with Crippen molar-refractivity contribution in [3.05, 3.63) is 41.6 Å². The number of carbonyl (C=O) groups excluding carboxylic acids is 2. The average molecular weight is 292 g/mol. The van der Waals surface area contributed by atoms with Crippen molar-refractivity contribution in [2.45, 2.75) is 6.92 Å². The van der Waals surface area contributed by atoms with Crippen LogP contribution in [0.3, 0.4) is 0 Å². The van der Waals surface area contributed by atoms with Gasteiger partial charge in [-0.05, 0) is 19.1 Å². The number of alkyl halides is 1. The summed E-state index contributed by atoms with van der Waals surface area (Å²) in [6.07, 6.45) is 1.31. The van der Waals surface area contributed by atoms with Crippen LogP contribution in [-0.4, -0.2) is 24.1 Å². The normalized spacial score (nSPS) is 10.6. The van der Waals surface area contributed by atoms with Crippen LogP contribution in [0.25, 0.3) is 0 Å². The summed E-state index contributed by atoms with van der Waals surface area (Å²) >= 11 is 5.48. The summed E-state index contributed by atoms with van der Waals surface area (Å²) in [5.74, 6) is -0.270. The van der Waals surface area contributed by atoms with E-state index in [1.807, 2.05) is 0 Å². The van der Waals surface area contributed by atoms with Crippen LogP contribution in [0.2, 0.25) is 0 Å². The van der Waals surface area contributed by atoms with E-state index in [0.717, 1.165) is 0 Å². The Morgan fingerprint density at radius 1 is 1.45 bits per heavy atom. The van der Waals surface area contributed by atoms with Crippen LogP contribution in [-0.2, 0) is 4.79 Å². The summed E-state index contributed by atoms with van der Waals surface area (Å²) in [6.45, 7) is 1.90. The van der Waals surface area contributed by atoms with E-state index in [4.69, 9.17) is 16.9 Å². The number of nitrogens with zero attached hydrogens (tertiary/aromatic N) is 1. The van der Waals surface area contributed by atoms with Gasteiger partial charge in [-0.2, -0.15) is 5.26 Å². The summed E-state index contributed by atoms with van der Waals surface area (Å²) in [7, 11) is 0. The van der Waals surface area contributed by atoms with Crippen LogP contribution < -0.4 is 10.6 Å². The molecule has 0 heterocycles. The number of nitriles is 1. The zero-order valence-corrected chi connectivity index (χ0v) is 11.7. The van der Waals surface area contributed by atoms with Gasteiger partial charge in [0.25, 0.3) is 5.91 Å². The van der Waals surface area contributed by atoms with Crippen molar-refractivity contribution in [1.29, 1.82) is 5.26 Å². The van der Waals surface area contributed by atoms with Gasteiger partial charge in [0.15, 0.2) is 5.78 Å². The van der Waals surface area contributed by atoms with E-state index in [1.165, 1.54) is 13.1 Å². The van der Waals surface area contributed by atoms with Crippen LogP contribution in [0.15, 0.2) is 36.0 Å². The number of rotatable bonds is 6. The van der Waals surface area contributed by atoms with Crippen LogP contribution in [0.5, 0.6) is 0 Å². The Labute approximate surface area is 122 Å². The molecule has 0 aliphatic carbocycles. The molecule has 1 aromatic carbocycles. The Balaban J connectivity index is 2.79. The molecule has 0 aromatic heterocycles. The first-order valence-corrected chi connectivity index (χ1v) is 6.44. The van der Waals surface area contributed by atoms with E-state index in [1.54, 1.807) is 30.3 Å². The highest BCUT2D eigenvalue weighted by molar-refractivity contribution is 6.18. The molecule has 5 nitrogen and oxygen atoms in total. The maximum absolute atomic E-state index is 11.9. The lowest BCUT2D eigenvalue weighted by Crippen LogP contribution is -2.17. The molecule has 0 fully saturated rings. The first-order chi connectivity index (χ1) is 9.58. The van der Waals surface area contributed by atoms with Gasteiger partial charge >= 0.3 is 0 Å². The number of hydrogen-bond acceptors (Lipinski definition) is 4. The van der Waals surface area contributed by atoms with Crippen molar-refractivity contribution in [1.82, 2.24) is 5.32 Å². The summed E-state index contributed by atoms with van der Waals surface area (Å²) in [6, 6.07) is 8.31. The summed E-state index contributed by atoms with van der Waals surface area (Å²) in [4.78, 5) is 23.1. The van der Waals surface area contributed by atoms with E-state index >= 15 is 0 Å². The number of benzene rings is 1. The Hall–Kier alpha value is -2.32. The lowest BCUT2D eigenvalue weighted by molar-refractivity contribution is -0.112. The molecule has 0 atom stereocenters. The second-order valence-electron chi connectivity index (χ2n) is 3.90. The summed E-state index contributed by atoms with van der Waals surface area (Å²) in [5.41, 5.74) is 0.884. The first-order valence-electron chi connectivity index (χ1n) is 5.90. The van der Waals surface area contributed by atoms with Gasteiger partial charge in [0.2, 0.25) is 0 Å². The minimum atomic E-state index is -0.546. The van der Waals surface area contributed by atoms with Gasteiger partial charge in [-0.15, -0.1) is 11.6 Å². The maximum Gasteiger partial charge on any atom is 0.267 e. The highest BCUT2D eigenvalue weighted by atomic mass is 35.5. The minimum absolute atomic E-state index is 0.0663. The third kappa shape index (κ3) is 4.75. The number of nitrogens with one attached hydrogen (secondary N) is 2. The van der Waals surface area contributed by atoms with Crippen LogP contribution in [0.1, 0.15) is 17.3 Å². The van der Waals surface area contributed by atoms with Crippen molar-refractivity contribution in [3.63, 3.8) is 0 Å². The summed E-state index contributed by atoms with van der Waals surface area (Å²) < 4.78 is 0. The molecule has 1 rings (SSSR count). The Morgan fingerprint density at radius 3 is 2.80 bits per heavy atom. The predicted molar refractivity (Wildman–Crippen MR) is 77.5 cm³/mol. The van der Waals surface area contributed by atoms with Crippen molar-refractivity contribution >= 4 is 29.0 Å². The molecule has 0 aliphatic heterocycles. The van der Waals surface area contributed by atoms with E-state index in [-0.39, 0.29) is 11.4 Å².